The van der Waals surface area contributed by atoms with Crippen molar-refractivity contribution < 1.29 is 9.50 Å². The largest absolute Gasteiger partial charge is 0.872 e. The monoisotopic (exact) mass is 111 g/mol. The Kier molecular flexibility index (Phi) is 1.16. The van der Waals surface area contributed by atoms with Crippen molar-refractivity contribution in [3.8, 4) is 5.75 Å². The average molecular weight is 111 g/mol. The topological polar surface area (TPSA) is 23.1 Å². The molecule has 0 aliphatic rings. The van der Waals surface area contributed by atoms with Crippen LogP contribution in [0.5, 0.6) is 5.75 Å². The van der Waals surface area contributed by atoms with Crippen LogP contribution >= 0.6 is 0 Å². The maximum atomic E-state index is 12.0. The summed E-state index contributed by atoms with van der Waals surface area (Å²) in [5, 5.41) is 10.3. The summed E-state index contributed by atoms with van der Waals surface area (Å²) in [4.78, 5) is 0. The molecule has 0 aliphatic heterocycles. The minimum absolute atomic E-state index is 0.287. The van der Waals surface area contributed by atoms with Crippen molar-refractivity contribution in [2.45, 2.75) is 0 Å². The van der Waals surface area contributed by atoms with E-state index in [4.69, 9.17) is 0 Å². The third-order valence-corrected chi connectivity index (χ3v) is 0.796. The normalized spacial score (nSPS) is 9.12. The predicted octanol–water partition coefficient (Wildman–Crippen LogP) is 0.899. The third kappa shape index (κ3) is 0.964. The van der Waals surface area contributed by atoms with Crippen molar-refractivity contribution >= 4 is 0 Å². The molecule has 0 fully saturated rings. The van der Waals surface area contributed by atoms with Crippen LogP contribution in [-0.2, 0) is 0 Å². The van der Waals surface area contributed by atoms with Crippen molar-refractivity contribution in [1.82, 2.24) is 0 Å². The molecule has 0 N–H and O–H groups in total. The van der Waals surface area contributed by atoms with Gasteiger partial charge in [0.25, 0.3) is 0 Å². The summed E-state index contributed by atoms with van der Waals surface area (Å²) < 4.78 is 12.0. The second kappa shape index (κ2) is 1.82. The maximum absolute atomic E-state index is 12.0. The van der Waals surface area contributed by atoms with Crippen molar-refractivity contribution in [2.75, 3.05) is 0 Å². The summed E-state index contributed by atoms with van der Waals surface area (Å²) in [7, 11) is 0. The lowest BCUT2D eigenvalue weighted by Crippen LogP contribution is -1.88. The van der Waals surface area contributed by atoms with Gasteiger partial charge in [-0.2, -0.15) is 0 Å². The van der Waals surface area contributed by atoms with Gasteiger partial charge < -0.3 is 5.11 Å². The van der Waals surface area contributed by atoms with Gasteiger partial charge in [-0.15, -0.1) is 5.75 Å². The molecule has 0 atom stereocenters. The Hall–Kier alpha value is -1.05. The molecule has 0 saturated carbocycles. The highest BCUT2D eigenvalue weighted by Gasteiger charge is 1.80. The number of hydrogen-bond donors (Lipinski definition) is 0. The molecule has 0 bridgehead atoms. The molecular formula is C6H4FO-. The van der Waals surface area contributed by atoms with Gasteiger partial charge in [-0.05, 0) is 12.1 Å². The Balaban J connectivity index is 3.08. The van der Waals surface area contributed by atoms with Crippen molar-refractivity contribution in [3.05, 3.63) is 30.1 Å². The fraction of sp³-hybridized carbons (Fsp3) is 0. The van der Waals surface area contributed by atoms with Gasteiger partial charge in [-0.25, -0.2) is 4.39 Å². The van der Waals surface area contributed by atoms with E-state index in [1.165, 1.54) is 18.2 Å². The maximum Gasteiger partial charge on any atom is 0.122 e. The molecule has 1 aromatic rings. The van der Waals surface area contributed by atoms with Gasteiger partial charge >= 0.3 is 0 Å². The number of hydrogen-bond acceptors (Lipinski definition) is 1. The zero-order valence-corrected chi connectivity index (χ0v) is 4.10. The molecule has 42 valence electrons. The van der Waals surface area contributed by atoms with Crippen LogP contribution in [0.1, 0.15) is 0 Å². The van der Waals surface area contributed by atoms with E-state index in [0.29, 0.717) is 0 Å². The lowest BCUT2D eigenvalue weighted by molar-refractivity contribution is -0.268. The van der Waals surface area contributed by atoms with Gasteiger partial charge in [0, 0.05) is 0 Å². The molecule has 0 spiro atoms. The van der Waals surface area contributed by atoms with E-state index in [1.54, 1.807) is 0 Å². The quantitative estimate of drug-likeness (QED) is 0.487. The number of halogens is 1. The van der Waals surface area contributed by atoms with Gasteiger partial charge in [0.2, 0.25) is 0 Å². The number of benzene rings is 1. The standard InChI is InChI=1S/C6H5FO/c7-5-2-1-3-6(8)4-5/h1-4,8H/p-1. The summed E-state index contributed by atoms with van der Waals surface area (Å²) in [6.45, 7) is 0. The summed E-state index contributed by atoms with van der Waals surface area (Å²) in [6.07, 6.45) is 0. The first-order valence-electron chi connectivity index (χ1n) is 2.21. The summed E-state index contributed by atoms with van der Waals surface area (Å²) in [5.41, 5.74) is 0. The summed E-state index contributed by atoms with van der Waals surface area (Å²) in [5.74, 6) is -0.762. The Morgan fingerprint density at radius 1 is 1.38 bits per heavy atom. The molecule has 0 radical (unpaired) electrons. The Bertz CT molecular complexity index is 168. The molecule has 1 aromatic carbocycles. The van der Waals surface area contributed by atoms with Crippen molar-refractivity contribution in [1.29, 1.82) is 0 Å². The van der Waals surface area contributed by atoms with E-state index in [1.807, 2.05) is 0 Å². The highest BCUT2D eigenvalue weighted by atomic mass is 19.1. The van der Waals surface area contributed by atoms with Crippen LogP contribution in [0.2, 0.25) is 0 Å². The highest BCUT2D eigenvalue weighted by Crippen LogP contribution is 2.04. The predicted molar refractivity (Wildman–Crippen MR) is 25.8 cm³/mol. The van der Waals surface area contributed by atoms with Crippen LogP contribution < -0.4 is 5.11 Å². The average Bonchev–Trinajstić information content (AvgIpc) is 1.64. The molecule has 0 saturated heterocycles. The zero-order chi connectivity index (χ0) is 5.98. The second-order valence-electron chi connectivity index (χ2n) is 1.46. The Morgan fingerprint density at radius 3 is 2.50 bits per heavy atom. The Labute approximate surface area is 46.4 Å². The number of rotatable bonds is 0. The first kappa shape index (κ1) is 5.09. The van der Waals surface area contributed by atoms with Crippen LogP contribution in [0.15, 0.2) is 24.3 Å². The molecule has 0 unspecified atom stereocenters. The van der Waals surface area contributed by atoms with Crippen LogP contribution in [0, 0.1) is 5.82 Å². The van der Waals surface area contributed by atoms with E-state index in [0.717, 1.165) is 6.07 Å². The molecule has 0 aliphatic carbocycles. The van der Waals surface area contributed by atoms with E-state index >= 15 is 0 Å². The highest BCUT2D eigenvalue weighted by molar-refractivity contribution is 5.18. The van der Waals surface area contributed by atoms with Crippen molar-refractivity contribution in [2.24, 2.45) is 0 Å². The smallest absolute Gasteiger partial charge is 0.122 e. The van der Waals surface area contributed by atoms with Crippen LogP contribution in [0.3, 0.4) is 0 Å². The van der Waals surface area contributed by atoms with Crippen LogP contribution in [0.25, 0.3) is 0 Å². The molecule has 2 heteroatoms. The van der Waals surface area contributed by atoms with Gasteiger partial charge in [0.15, 0.2) is 0 Å². The van der Waals surface area contributed by atoms with Gasteiger partial charge in [0.1, 0.15) is 5.82 Å². The minimum Gasteiger partial charge on any atom is -0.872 e. The van der Waals surface area contributed by atoms with Crippen LogP contribution in [-0.4, -0.2) is 0 Å². The molecule has 0 heterocycles. The molecule has 0 amide bonds. The van der Waals surface area contributed by atoms with E-state index < -0.39 is 5.82 Å². The second-order valence-corrected chi connectivity index (χ2v) is 1.46. The first-order chi connectivity index (χ1) is 3.79. The molecule has 1 nitrogen and oxygen atoms in total. The molecule has 8 heavy (non-hydrogen) atoms. The molecular weight excluding hydrogens is 107 g/mol. The van der Waals surface area contributed by atoms with Gasteiger partial charge in [0.05, 0.1) is 0 Å². The molecule has 0 aromatic heterocycles. The fourth-order valence-electron chi connectivity index (χ4n) is 0.467. The van der Waals surface area contributed by atoms with Crippen molar-refractivity contribution in [3.63, 3.8) is 0 Å². The van der Waals surface area contributed by atoms with Gasteiger partial charge in [-0.3, -0.25) is 0 Å². The lowest BCUT2D eigenvalue weighted by atomic mass is 10.3. The lowest BCUT2D eigenvalue weighted by Gasteiger charge is -2.00. The first-order valence-corrected chi connectivity index (χ1v) is 2.21. The molecule has 1 rings (SSSR count). The SMILES string of the molecule is [O-]c1cccc(F)c1. The third-order valence-electron chi connectivity index (χ3n) is 0.796. The minimum atomic E-state index is -0.475. The van der Waals surface area contributed by atoms with E-state index in [9.17, 15) is 9.50 Å². The van der Waals surface area contributed by atoms with E-state index in [-0.39, 0.29) is 5.75 Å². The van der Waals surface area contributed by atoms with Crippen LogP contribution in [0.4, 0.5) is 4.39 Å². The van der Waals surface area contributed by atoms with Gasteiger partial charge in [-0.1, -0.05) is 12.1 Å². The Morgan fingerprint density at radius 2 is 2.12 bits per heavy atom. The summed E-state index contributed by atoms with van der Waals surface area (Å²) >= 11 is 0. The van der Waals surface area contributed by atoms with E-state index in [2.05, 4.69) is 0 Å². The zero-order valence-electron chi connectivity index (χ0n) is 4.10. The summed E-state index contributed by atoms with van der Waals surface area (Å²) in [6, 6.07) is 4.88. The fourth-order valence-corrected chi connectivity index (χ4v) is 0.467.